The second-order valence-corrected chi connectivity index (χ2v) is 5.56. The van der Waals surface area contributed by atoms with E-state index in [9.17, 15) is 9.59 Å². The lowest BCUT2D eigenvalue weighted by Gasteiger charge is -2.16. The summed E-state index contributed by atoms with van der Waals surface area (Å²) in [5, 5.41) is 0. The van der Waals surface area contributed by atoms with Crippen molar-refractivity contribution in [3.8, 4) is 0 Å². The zero-order valence-corrected chi connectivity index (χ0v) is 12.7. The molecule has 112 valence electrons. The van der Waals surface area contributed by atoms with Crippen molar-refractivity contribution in [3.05, 3.63) is 0 Å². The average molecular weight is 269 g/mol. The van der Waals surface area contributed by atoms with Gasteiger partial charge < -0.3 is 10.5 Å². The first-order valence-corrected chi connectivity index (χ1v) is 7.85. The SMILES string of the molecule is CC[C@H](C)[C@H](N)C(=O)CCCCCCCCCC=O. The Balaban J connectivity index is 3.39. The molecule has 0 rings (SSSR count). The summed E-state index contributed by atoms with van der Waals surface area (Å²) in [7, 11) is 0. The van der Waals surface area contributed by atoms with Crippen LogP contribution in [0, 0.1) is 5.92 Å². The quantitative estimate of drug-likeness (QED) is 0.410. The van der Waals surface area contributed by atoms with E-state index in [1.165, 1.54) is 19.3 Å². The number of aldehydes is 1. The van der Waals surface area contributed by atoms with Crippen molar-refractivity contribution in [2.24, 2.45) is 11.7 Å². The van der Waals surface area contributed by atoms with Gasteiger partial charge in [-0.3, -0.25) is 4.79 Å². The lowest BCUT2D eigenvalue weighted by atomic mass is 9.93. The molecular formula is C16H31NO2. The Morgan fingerprint density at radius 2 is 1.58 bits per heavy atom. The predicted molar refractivity (Wildman–Crippen MR) is 80.1 cm³/mol. The van der Waals surface area contributed by atoms with Gasteiger partial charge in [-0.15, -0.1) is 0 Å². The first-order chi connectivity index (χ1) is 9.13. The molecule has 0 aliphatic heterocycles. The Morgan fingerprint density at radius 1 is 1.05 bits per heavy atom. The van der Waals surface area contributed by atoms with Gasteiger partial charge in [-0.05, 0) is 18.8 Å². The van der Waals surface area contributed by atoms with Crippen LogP contribution < -0.4 is 5.73 Å². The van der Waals surface area contributed by atoms with E-state index in [0.29, 0.717) is 18.8 Å². The van der Waals surface area contributed by atoms with Crippen LogP contribution in [0.25, 0.3) is 0 Å². The number of unbranched alkanes of at least 4 members (excludes halogenated alkanes) is 7. The van der Waals surface area contributed by atoms with Gasteiger partial charge >= 0.3 is 0 Å². The van der Waals surface area contributed by atoms with Crippen molar-refractivity contribution in [2.45, 2.75) is 84.1 Å². The summed E-state index contributed by atoms with van der Waals surface area (Å²) in [6.07, 6.45) is 11.1. The van der Waals surface area contributed by atoms with Crippen LogP contribution in [0.15, 0.2) is 0 Å². The van der Waals surface area contributed by atoms with Crippen molar-refractivity contribution in [1.82, 2.24) is 0 Å². The maximum absolute atomic E-state index is 11.8. The van der Waals surface area contributed by atoms with E-state index in [2.05, 4.69) is 6.92 Å². The average Bonchev–Trinajstić information content (AvgIpc) is 2.43. The molecule has 0 aromatic carbocycles. The number of carbonyl (C=O) groups is 2. The van der Waals surface area contributed by atoms with Gasteiger partial charge in [0.05, 0.1) is 6.04 Å². The highest BCUT2D eigenvalue weighted by Gasteiger charge is 2.18. The van der Waals surface area contributed by atoms with Gasteiger partial charge in [-0.2, -0.15) is 0 Å². The third kappa shape index (κ3) is 9.83. The standard InChI is InChI=1S/C16H31NO2/c1-3-14(2)16(17)15(19)12-10-8-6-4-5-7-9-11-13-18/h13-14,16H,3-12,17H2,1-2H3/t14-,16-/m0/s1. The Morgan fingerprint density at radius 3 is 2.11 bits per heavy atom. The summed E-state index contributed by atoms with van der Waals surface area (Å²) < 4.78 is 0. The molecule has 0 amide bonds. The minimum atomic E-state index is -0.270. The number of carbonyl (C=O) groups excluding carboxylic acids is 2. The minimum absolute atomic E-state index is 0.223. The topological polar surface area (TPSA) is 60.2 Å². The second kappa shape index (κ2) is 12.3. The smallest absolute Gasteiger partial charge is 0.149 e. The fraction of sp³-hybridized carbons (Fsp3) is 0.875. The molecule has 2 N–H and O–H groups in total. The number of Topliss-reactive ketones (excluding diaryl/α,β-unsaturated/α-hetero) is 1. The Hall–Kier alpha value is -0.700. The van der Waals surface area contributed by atoms with Crippen LogP contribution in [-0.4, -0.2) is 18.1 Å². The zero-order chi connectivity index (χ0) is 14.5. The summed E-state index contributed by atoms with van der Waals surface area (Å²) in [4.78, 5) is 21.9. The molecule has 0 bridgehead atoms. The Labute approximate surface area is 118 Å². The van der Waals surface area contributed by atoms with E-state index >= 15 is 0 Å². The van der Waals surface area contributed by atoms with Crippen molar-refractivity contribution < 1.29 is 9.59 Å². The van der Waals surface area contributed by atoms with Crippen LogP contribution >= 0.6 is 0 Å². The van der Waals surface area contributed by atoms with Crippen molar-refractivity contribution in [2.75, 3.05) is 0 Å². The zero-order valence-electron chi connectivity index (χ0n) is 12.7. The van der Waals surface area contributed by atoms with Gasteiger partial charge in [-0.25, -0.2) is 0 Å². The van der Waals surface area contributed by atoms with Gasteiger partial charge in [0.1, 0.15) is 12.1 Å². The summed E-state index contributed by atoms with van der Waals surface area (Å²) >= 11 is 0. The van der Waals surface area contributed by atoms with Crippen LogP contribution in [-0.2, 0) is 9.59 Å². The molecule has 0 aromatic heterocycles. The molecule has 2 atom stereocenters. The van der Waals surface area contributed by atoms with Crippen molar-refractivity contribution in [1.29, 1.82) is 0 Å². The molecular weight excluding hydrogens is 238 g/mol. The van der Waals surface area contributed by atoms with Gasteiger partial charge in [-0.1, -0.05) is 52.4 Å². The molecule has 3 heteroatoms. The Bertz CT molecular complexity index is 241. The molecule has 3 nitrogen and oxygen atoms in total. The number of rotatable bonds is 13. The number of nitrogens with two attached hydrogens (primary N) is 1. The number of hydrogen-bond acceptors (Lipinski definition) is 3. The predicted octanol–water partition coefficient (Wildman–Crippen LogP) is 3.64. The number of hydrogen-bond donors (Lipinski definition) is 1. The molecule has 19 heavy (non-hydrogen) atoms. The largest absolute Gasteiger partial charge is 0.321 e. The monoisotopic (exact) mass is 269 g/mol. The molecule has 0 spiro atoms. The third-order valence-corrected chi connectivity index (χ3v) is 3.87. The van der Waals surface area contributed by atoms with E-state index in [1.54, 1.807) is 0 Å². The summed E-state index contributed by atoms with van der Waals surface area (Å²) in [5.41, 5.74) is 5.90. The normalized spacial score (nSPS) is 14.1. The minimum Gasteiger partial charge on any atom is -0.321 e. The van der Waals surface area contributed by atoms with E-state index in [0.717, 1.165) is 38.4 Å². The highest BCUT2D eigenvalue weighted by Crippen LogP contribution is 2.12. The highest BCUT2D eigenvalue weighted by atomic mass is 16.1. The van der Waals surface area contributed by atoms with E-state index < -0.39 is 0 Å². The molecule has 0 aromatic rings. The van der Waals surface area contributed by atoms with Crippen LogP contribution in [0.1, 0.15) is 78.1 Å². The number of ketones is 1. The fourth-order valence-corrected chi connectivity index (χ4v) is 2.15. The molecule has 0 fully saturated rings. The highest BCUT2D eigenvalue weighted by molar-refractivity contribution is 5.83. The molecule has 0 saturated carbocycles. The second-order valence-electron chi connectivity index (χ2n) is 5.56. The maximum atomic E-state index is 11.8. The molecule has 0 heterocycles. The molecule has 0 saturated heterocycles. The summed E-state index contributed by atoms with van der Waals surface area (Å²) in [5.74, 6) is 0.519. The van der Waals surface area contributed by atoms with Gasteiger partial charge in [0.2, 0.25) is 0 Å². The lowest BCUT2D eigenvalue weighted by molar-refractivity contribution is -0.121. The van der Waals surface area contributed by atoms with Crippen molar-refractivity contribution in [3.63, 3.8) is 0 Å². The molecule has 0 radical (unpaired) electrons. The van der Waals surface area contributed by atoms with E-state index in [-0.39, 0.29) is 11.8 Å². The van der Waals surface area contributed by atoms with Crippen LogP contribution in [0.3, 0.4) is 0 Å². The van der Waals surface area contributed by atoms with Crippen LogP contribution in [0.2, 0.25) is 0 Å². The summed E-state index contributed by atoms with van der Waals surface area (Å²) in [6, 6.07) is -0.270. The maximum Gasteiger partial charge on any atom is 0.149 e. The Kier molecular flexibility index (Phi) is 11.9. The third-order valence-electron chi connectivity index (χ3n) is 3.87. The lowest BCUT2D eigenvalue weighted by Crippen LogP contribution is -2.36. The fourth-order valence-electron chi connectivity index (χ4n) is 2.15. The van der Waals surface area contributed by atoms with Gasteiger partial charge in [0.15, 0.2) is 0 Å². The van der Waals surface area contributed by atoms with E-state index in [1.807, 2.05) is 6.92 Å². The summed E-state index contributed by atoms with van der Waals surface area (Å²) in [6.45, 7) is 4.12. The van der Waals surface area contributed by atoms with Crippen LogP contribution in [0.5, 0.6) is 0 Å². The first kappa shape index (κ1) is 18.3. The molecule has 0 aliphatic rings. The van der Waals surface area contributed by atoms with Gasteiger partial charge in [0, 0.05) is 12.8 Å². The van der Waals surface area contributed by atoms with E-state index in [4.69, 9.17) is 5.73 Å². The molecule has 0 aliphatic carbocycles. The molecule has 0 unspecified atom stereocenters. The van der Waals surface area contributed by atoms with Crippen LogP contribution in [0.4, 0.5) is 0 Å². The van der Waals surface area contributed by atoms with Gasteiger partial charge in [0.25, 0.3) is 0 Å². The first-order valence-electron chi connectivity index (χ1n) is 7.85. The van der Waals surface area contributed by atoms with Crippen molar-refractivity contribution >= 4 is 12.1 Å².